The summed E-state index contributed by atoms with van der Waals surface area (Å²) in [5.74, 6) is 1.69. The zero-order chi connectivity index (χ0) is 16.9. The Bertz CT molecular complexity index is 468. The van der Waals surface area contributed by atoms with Crippen LogP contribution in [-0.2, 0) is 9.53 Å². The highest BCUT2D eigenvalue weighted by Gasteiger charge is 2.41. The standard InChI is InChI=1S/C18H32N4O2/c1-3-19-18(21-15-11-14-6-7-16(15)24-14)20-9-8-17(23)22-10-4-5-13(2)12-22/h13-16H,3-12H2,1-2H3,(H2,19,20,21). The first-order chi connectivity index (χ1) is 11.7. The van der Waals surface area contributed by atoms with Crippen molar-refractivity contribution in [1.29, 1.82) is 0 Å². The van der Waals surface area contributed by atoms with E-state index in [1.165, 1.54) is 12.8 Å². The van der Waals surface area contributed by atoms with E-state index in [2.05, 4.69) is 29.5 Å². The van der Waals surface area contributed by atoms with Crippen LogP contribution >= 0.6 is 0 Å². The van der Waals surface area contributed by atoms with Gasteiger partial charge in [0.25, 0.3) is 0 Å². The van der Waals surface area contributed by atoms with E-state index < -0.39 is 0 Å². The van der Waals surface area contributed by atoms with Crippen LogP contribution in [0.2, 0.25) is 0 Å². The summed E-state index contributed by atoms with van der Waals surface area (Å²) in [5.41, 5.74) is 0. The first kappa shape index (κ1) is 17.5. The number of likely N-dealkylation sites (tertiary alicyclic amines) is 1. The molecule has 0 saturated carbocycles. The van der Waals surface area contributed by atoms with Crippen molar-refractivity contribution in [3.63, 3.8) is 0 Å². The summed E-state index contributed by atoms with van der Waals surface area (Å²) >= 11 is 0. The van der Waals surface area contributed by atoms with Crippen molar-refractivity contribution < 1.29 is 9.53 Å². The van der Waals surface area contributed by atoms with Gasteiger partial charge in [-0.15, -0.1) is 0 Å². The van der Waals surface area contributed by atoms with E-state index in [1.807, 2.05) is 4.90 Å². The third-order valence-corrected chi connectivity index (χ3v) is 5.38. The number of aliphatic imine (C=N–C) groups is 1. The normalized spacial score (nSPS) is 32.9. The fraction of sp³-hybridized carbons (Fsp3) is 0.889. The highest BCUT2D eigenvalue weighted by molar-refractivity contribution is 5.81. The van der Waals surface area contributed by atoms with Crippen molar-refractivity contribution in [2.24, 2.45) is 10.9 Å². The number of ether oxygens (including phenoxy) is 1. The molecular formula is C18H32N4O2. The summed E-state index contributed by atoms with van der Waals surface area (Å²) in [4.78, 5) is 18.9. The molecule has 0 aromatic rings. The van der Waals surface area contributed by atoms with Gasteiger partial charge < -0.3 is 20.3 Å². The van der Waals surface area contributed by atoms with Crippen LogP contribution in [0, 0.1) is 5.92 Å². The van der Waals surface area contributed by atoms with Gasteiger partial charge in [0.2, 0.25) is 5.91 Å². The first-order valence-electron chi connectivity index (χ1n) is 9.63. The number of nitrogens with one attached hydrogen (secondary N) is 2. The van der Waals surface area contributed by atoms with E-state index >= 15 is 0 Å². The Balaban J connectivity index is 1.46. The number of hydrogen-bond donors (Lipinski definition) is 2. The molecule has 1 amide bonds. The molecule has 3 aliphatic rings. The number of guanidine groups is 1. The van der Waals surface area contributed by atoms with Gasteiger partial charge in [-0.05, 0) is 44.9 Å². The zero-order valence-corrected chi connectivity index (χ0v) is 15.1. The maximum absolute atomic E-state index is 12.3. The van der Waals surface area contributed by atoms with Crippen LogP contribution in [0.5, 0.6) is 0 Å². The second-order valence-electron chi connectivity index (χ2n) is 7.46. The lowest BCUT2D eigenvalue weighted by Gasteiger charge is -2.30. The van der Waals surface area contributed by atoms with Crippen molar-refractivity contribution in [3.05, 3.63) is 0 Å². The molecule has 6 nitrogen and oxygen atoms in total. The van der Waals surface area contributed by atoms with Crippen molar-refractivity contribution >= 4 is 11.9 Å². The fourth-order valence-electron chi connectivity index (χ4n) is 4.12. The zero-order valence-electron chi connectivity index (χ0n) is 15.1. The van der Waals surface area contributed by atoms with Gasteiger partial charge in [0.1, 0.15) is 0 Å². The molecule has 24 heavy (non-hydrogen) atoms. The third-order valence-electron chi connectivity index (χ3n) is 5.38. The summed E-state index contributed by atoms with van der Waals surface area (Å²) in [6.45, 7) is 7.47. The van der Waals surface area contributed by atoms with Gasteiger partial charge in [-0.25, -0.2) is 0 Å². The van der Waals surface area contributed by atoms with E-state index in [1.54, 1.807) is 0 Å². The van der Waals surface area contributed by atoms with Crippen LogP contribution in [-0.4, -0.2) is 61.2 Å². The van der Waals surface area contributed by atoms with Crippen molar-refractivity contribution in [1.82, 2.24) is 15.5 Å². The minimum atomic E-state index is 0.240. The smallest absolute Gasteiger partial charge is 0.224 e. The minimum absolute atomic E-state index is 0.240. The summed E-state index contributed by atoms with van der Waals surface area (Å²) in [6.07, 6.45) is 7.03. The van der Waals surface area contributed by atoms with E-state index in [-0.39, 0.29) is 5.91 Å². The van der Waals surface area contributed by atoms with Crippen LogP contribution in [0.15, 0.2) is 4.99 Å². The highest BCUT2D eigenvalue weighted by atomic mass is 16.5. The molecule has 2 bridgehead atoms. The number of rotatable bonds is 5. The van der Waals surface area contributed by atoms with Gasteiger partial charge in [0, 0.05) is 26.1 Å². The van der Waals surface area contributed by atoms with E-state index in [4.69, 9.17) is 4.74 Å². The molecule has 0 aromatic heterocycles. The summed E-state index contributed by atoms with van der Waals surface area (Å²) < 4.78 is 5.89. The number of piperidine rings is 1. The molecule has 0 aromatic carbocycles. The van der Waals surface area contributed by atoms with E-state index in [0.717, 1.165) is 44.9 Å². The number of fused-ring (bicyclic) bond motifs is 2. The number of carbonyl (C=O) groups excluding carboxylic acids is 1. The van der Waals surface area contributed by atoms with Gasteiger partial charge >= 0.3 is 0 Å². The van der Waals surface area contributed by atoms with Crippen LogP contribution in [0.1, 0.15) is 52.4 Å². The van der Waals surface area contributed by atoms with Crippen LogP contribution in [0.3, 0.4) is 0 Å². The molecule has 0 radical (unpaired) electrons. The molecule has 0 spiro atoms. The summed E-state index contributed by atoms with van der Waals surface area (Å²) in [6, 6.07) is 0.361. The SMILES string of the molecule is CCNC(=NCCC(=O)N1CCCC(C)C1)NC1CC2CCC1O2. The number of amides is 1. The van der Waals surface area contributed by atoms with Crippen LogP contribution in [0.25, 0.3) is 0 Å². The molecule has 136 valence electrons. The Kier molecular flexibility index (Phi) is 5.98. The van der Waals surface area contributed by atoms with Gasteiger partial charge in [-0.1, -0.05) is 6.92 Å². The molecule has 4 unspecified atom stereocenters. The quantitative estimate of drug-likeness (QED) is 0.590. The van der Waals surface area contributed by atoms with Crippen LogP contribution in [0.4, 0.5) is 0 Å². The number of carbonyl (C=O) groups is 1. The van der Waals surface area contributed by atoms with Gasteiger partial charge in [0.15, 0.2) is 5.96 Å². The monoisotopic (exact) mass is 336 g/mol. The molecule has 3 heterocycles. The topological polar surface area (TPSA) is 66.0 Å². The maximum Gasteiger partial charge on any atom is 0.224 e. The number of hydrogen-bond acceptors (Lipinski definition) is 3. The van der Waals surface area contributed by atoms with Crippen molar-refractivity contribution in [3.8, 4) is 0 Å². The summed E-state index contributed by atoms with van der Waals surface area (Å²) in [7, 11) is 0. The van der Waals surface area contributed by atoms with Gasteiger partial charge in [-0.2, -0.15) is 0 Å². The molecular weight excluding hydrogens is 304 g/mol. The van der Waals surface area contributed by atoms with Crippen molar-refractivity contribution in [2.45, 2.75) is 70.6 Å². The second kappa shape index (κ2) is 8.19. The summed E-state index contributed by atoms with van der Waals surface area (Å²) in [5, 5.41) is 6.79. The minimum Gasteiger partial charge on any atom is -0.373 e. The Morgan fingerprint density at radius 3 is 2.88 bits per heavy atom. The lowest BCUT2D eigenvalue weighted by atomic mass is 9.96. The predicted molar refractivity (Wildman–Crippen MR) is 95.0 cm³/mol. The molecule has 0 aliphatic carbocycles. The molecule has 3 aliphatic heterocycles. The Morgan fingerprint density at radius 1 is 1.33 bits per heavy atom. The lowest BCUT2D eigenvalue weighted by molar-refractivity contribution is -0.132. The Morgan fingerprint density at radius 2 is 2.21 bits per heavy atom. The Hall–Kier alpha value is -1.30. The predicted octanol–water partition coefficient (Wildman–Crippen LogP) is 1.51. The maximum atomic E-state index is 12.3. The molecule has 3 saturated heterocycles. The number of nitrogens with zero attached hydrogens (tertiary/aromatic N) is 2. The second-order valence-corrected chi connectivity index (χ2v) is 7.46. The molecule has 3 rings (SSSR count). The highest BCUT2D eigenvalue weighted by Crippen LogP contribution is 2.34. The molecule has 2 N–H and O–H groups in total. The fourth-order valence-corrected chi connectivity index (χ4v) is 4.12. The average molecular weight is 336 g/mol. The van der Waals surface area contributed by atoms with Gasteiger partial charge in [0.05, 0.1) is 24.8 Å². The van der Waals surface area contributed by atoms with Crippen LogP contribution < -0.4 is 10.6 Å². The third kappa shape index (κ3) is 4.41. The largest absolute Gasteiger partial charge is 0.373 e. The first-order valence-corrected chi connectivity index (χ1v) is 9.63. The average Bonchev–Trinajstić information content (AvgIpc) is 3.17. The molecule has 3 fully saturated rings. The molecule has 4 atom stereocenters. The lowest BCUT2D eigenvalue weighted by Crippen LogP contribution is -2.47. The van der Waals surface area contributed by atoms with Crippen molar-refractivity contribution in [2.75, 3.05) is 26.2 Å². The Labute approximate surface area is 145 Å². The van der Waals surface area contributed by atoms with E-state index in [0.29, 0.717) is 37.1 Å². The van der Waals surface area contributed by atoms with E-state index in [9.17, 15) is 4.79 Å². The van der Waals surface area contributed by atoms with Gasteiger partial charge in [-0.3, -0.25) is 9.79 Å². The molecule has 6 heteroatoms.